The third-order valence-corrected chi connectivity index (χ3v) is 4.50. The predicted molar refractivity (Wildman–Crippen MR) is 77.7 cm³/mol. The highest BCUT2D eigenvalue weighted by Gasteiger charge is 2.18. The summed E-state index contributed by atoms with van der Waals surface area (Å²) >= 11 is 0. The number of aryl methyl sites for hydroxylation is 1. The SMILES string of the molecule is CCCCCC[C@@H](C)OS(=O)(=O)c1ccc(C)cc1. The van der Waals surface area contributed by atoms with Crippen molar-refractivity contribution in [2.45, 2.75) is 63.9 Å². The first-order valence-electron chi connectivity index (χ1n) is 6.95. The molecule has 1 aromatic carbocycles. The van der Waals surface area contributed by atoms with Gasteiger partial charge in [0.05, 0.1) is 11.0 Å². The van der Waals surface area contributed by atoms with Gasteiger partial charge < -0.3 is 0 Å². The van der Waals surface area contributed by atoms with Crippen molar-refractivity contribution in [1.82, 2.24) is 0 Å². The molecule has 0 aliphatic rings. The van der Waals surface area contributed by atoms with E-state index in [2.05, 4.69) is 6.92 Å². The Kier molecular flexibility index (Phi) is 6.52. The number of unbranched alkanes of at least 4 members (excludes halogenated alkanes) is 3. The third kappa shape index (κ3) is 5.74. The fourth-order valence-electron chi connectivity index (χ4n) is 1.88. The van der Waals surface area contributed by atoms with Gasteiger partial charge in [0, 0.05) is 0 Å². The van der Waals surface area contributed by atoms with Crippen LogP contribution in [0.4, 0.5) is 0 Å². The molecule has 0 spiro atoms. The van der Waals surface area contributed by atoms with Crippen molar-refractivity contribution >= 4 is 10.1 Å². The Morgan fingerprint density at radius 2 is 1.74 bits per heavy atom. The smallest absolute Gasteiger partial charge is 0.263 e. The fourth-order valence-corrected chi connectivity index (χ4v) is 2.99. The molecule has 0 heterocycles. The van der Waals surface area contributed by atoms with E-state index in [9.17, 15) is 8.42 Å². The number of hydrogen-bond acceptors (Lipinski definition) is 3. The zero-order valence-electron chi connectivity index (χ0n) is 12.1. The van der Waals surface area contributed by atoms with Crippen LogP contribution in [-0.2, 0) is 14.3 Å². The normalized spacial score (nSPS) is 13.4. The molecule has 19 heavy (non-hydrogen) atoms. The molecule has 0 N–H and O–H groups in total. The molecule has 3 nitrogen and oxygen atoms in total. The highest BCUT2D eigenvalue weighted by atomic mass is 32.2. The first kappa shape index (κ1) is 16.2. The molecular weight excluding hydrogens is 260 g/mol. The minimum atomic E-state index is -3.62. The summed E-state index contributed by atoms with van der Waals surface area (Å²) in [6, 6.07) is 6.74. The zero-order chi connectivity index (χ0) is 14.3. The van der Waals surface area contributed by atoms with E-state index in [0.717, 1.165) is 24.8 Å². The van der Waals surface area contributed by atoms with E-state index >= 15 is 0 Å². The van der Waals surface area contributed by atoms with E-state index in [1.165, 1.54) is 12.8 Å². The van der Waals surface area contributed by atoms with Gasteiger partial charge in [-0.3, -0.25) is 4.18 Å². The van der Waals surface area contributed by atoms with E-state index < -0.39 is 10.1 Å². The van der Waals surface area contributed by atoms with Crippen molar-refractivity contribution in [3.63, 3.8) is 0 Å². The average molecular weight is 284 g/mol. The molecule has 0 amide bonds. The van der Waals surface area contributed by atoms with Gasteiger partial charge >= 0.3 is 0 Å². The minimum Gasteiger partial charge on any atom is -0.263 e. The van der Waals surface area contributed by atoms with E-state index in [-0.39, 0.29) is 11.0 Å². The second-order valence-electron chi connectivity index (χ2n) is 5.02. The van der Waals surface area contributed by atoms with Crippen LogP contribution in [0.3, 0.4) is 0 Å². The molecule has 1 atom stereocenters. The Hall–Kier alpha value is -0.870. The molecule has 0 unspecified atom stereocenters. The average Bonchev–Trinajstić information content (AvgIpc) is 2.34. The maximum absolute atomic E-state index is 12.0. The first-order chi connectivity index (χ1) is 8.95. The van der Waals surface area contributed by atoms with Gasteiger partial charge in [-0.25, -0.2) is 0 Å². The summed E-state index contributed by atoms with van der Waals surface area (Å²) in [5.74, 6) is 0. The lowest BCUT2D eigenvalue weighted by molar-refractivity contribution is 0.213. The molecule has 0 saturated carbocycles. The summed E-state index contributed by atoms with van der Waals surface area (Å²) in [7, 11) is -3.62. The number of rotatable bonds is 8. The highest BCUT2D eigenvalue weighted by molar-refractivity contribution is 7.86. The van der Waals surface area contributed by atoms with E-state index in [0.29, 0.717) is 0 Å². The van der Waals surface area contributed by atoms with Crippen LogP contribution in [0.25, 0.3) is 0 Å². The lowest BCUT2D eigenvalue weighted by Crippen LogP contribution is -2.15. The Morgan fingerprint density at radius 1 is 1.11 bits per heavy atom. The standard InChI is InChI=1S/C15H24O3S/c1-4-5-6-7-8-14(3)18-19(16,17)15-11-9-13(2)10-12-15/h9-12,14H,4-8H2,1-3H3/t14-/m1/s1. The largest absolute Gasteiger partial charge is 0.297 e. The maximum Gasteiger partial charge on any atom is 0.297 e. The van der Waals surface area contributed by atoms with Crippen molar-refractivity contribution in [1.29, 1.82) is 0 Å². The molecule has 0 saturated heterocycles. The second-order valence-corrected chi connectivity index (χ2v) is 6.60. The van der Waals surface area contributed by atoms with Crippen LogP contribution < -0.4 is 0 Å². The van der Waals surface area contributed by atoms with Gasteiger partial charge in [0.25, 0.3) is 10.1 Å². The minimum absolute atomic E-state index is 0.235. The molecule has 0 radical (unpaired) electrons. The van der Waals surface area contributed by atoms with Crippen molar-refractivity contribution in [3.05, 3.63) is 29.8 Å². The van der Waals surface area contributed by atoms with Gasteiger partial charge in [-0.05, 0) is 32.4 Å². The Morgan fingerprint density at radius 3 is 2.32 bits per heavy atom. The molecule has 1 rings (SSSR count). The molecule has 4 heteroatoms. The van der Waals surface area contributed by atoms with Crippen LogP contribution in [0.2, 0.25) is 0 Å². The third-order valence-electron chi connectivity index (χ3n) is 3.06. The van der Waals surface area contributed by atoms with Crippen molar-refractivity contribution in [2.24, 2.45) is 0 Å². The molecule has 0 aliphatic carbocycles. The quantitative estimate of drug-likeness (QED) is 0.534. The lowest BCUT2D eigenvalue weighted by Gasteiger charge is -2.13. The predicted octanol–water partition coefficient (Wildman–Crippen LogP) is 4.06. The van der Waals surface area contributed by atoms with Gasteiger partial charge in [-0.15, -0.1) is 0 Å². The van der Waals surface area contributed by atoms with Gasteiger partial charge in [-0.2, -0.15) is 8.42 Å². The van der Waals surface area contributed by atoms with Gasteiger partial charge in [0.15, 0.2) is 0 Å². The van der Waals surface area contributed by atoms with E-state index in [1.54, 1.807) is 24.3 Å². The summed E-state index contributed by atoms with van der Waals surface area (Å²) in [5.41, 5.74) is 1.03. The van der Waals surface area contributed by atoms with Gasteiger partial charge in [0.1, 0.15) is 0 Å². The second kappa shape index (κ2) is 7.65. The van der Waals surface area contributed by atoms with Crippen molar-refractivity contribution in [3.8, 4) is 0 Å². The monoisotopic (exact) mass is 284 g/mol. The number of hydrogen-bond donors (Lipinski definition) is 0. The van der Waals surface area contributed by atoms with Crippen LogP contribution in [0.5, 0.6) is 0 Å². The molecular formula is C15H24O3S. The van der Waals surface area contributed by atoms with Gasteiger partial charge in [-0.1, -0.05) is 50.3 Å². The Bertz CT molecular complexity index is 463. The molecule has 108 valence electrons. The van der Waals surface area contributed by atoms with E-state index in [4.69, 9.17) is 4.18 Å². The van der Waals surface area contributed by atoms with Crippen molar-refractivity contribution < 1.29 is 12.6 Å². The zero-order valence-corrected chi connectivity index (χ0v) is 12.9. The van der Waals surface area contributed by atoms with Crippen LogP contribution in [0, 0.1) is 6.92 Å². The van der Waals surface area contributed by atoms with Crippen molar-refractivity contribution in [2.75, 3.05) is 0 Å². The van der Waals surface area contributed by atoms with E-state index in [1.807, 2.05) is 13.8 Å². The fraction of sp³-hybridized carbons (Fsp3) is 0.600. The molecule has 0 bridgehead atoms. The summed E-state index contributed by atoms with van der Waals surface area (Å²) in [4.78, 5) is 0.235. The molecule has 0 aromatic heterocycles. The highest BCUT2D eigenvalue weighted by Crippen LogP contribution is 2.17. The summed E-state index contributed by atoms with van der Waals surface area (Å²) in [5, 5.41) is 0. The summed E-state index contributed by atoms with van der Waals surface area (Å²) in [6.07, 6.45) is 5.04. The summed E-state index contributed by atoms with van der Waals surface area (Å²) < 4.78 is 29.3. The Labute approximate surface area is 117 Å². The molecule has 0 fully saturated rings. The van der Waals surface area contributed by atoms with Crippen LogP contribution >= 0.6 is 0 Å². The topological polar surface area (TPSA) is 43.4 Å². The Balaban J connectivity index is 2.52. The first-order valence-corrected chi connectivity index (χ1v) is 8.36. The number of benzene rings is 1. The molecule has 0 aliphatic heterocycles. The maximum atomic E-state index is 12.0. The van der Waals surface area contributed by atoms with Crippen LogP contribution in [0.1, 0.15) is 51.5 Å². The van der Waals surface area contributed by atoms with Gasteiger partial charge in [0.2, 0.25) is 0 Å². The molecule has 1 aromatic rings. The van der Waals surface area contributed by atoms with Crippen LogP contribution in [0.15, 0.2) is 29.2 Å². The summed E-state index contributed by atoms with van der Waals surface area (Å²) in [6.45, 7) is 5.90. The lowest BCUT2D eigenvalue weighted by atomic mass is 10.1. The van der Waals surface area contributed by atoms with Crippen LogP contribution in [-0.4, -0.2) is 14.5 Å².